The van der Waals surface area contributed by atoms with E-state index in [1.165, 1.54) is 109 Å². The van der Waals surface area contributed by atoms with Crippen molar-refractivity contribution in [2.45, 2.75) is 226 Å². The predicted molar refractivity (Wildman–Crippen MR) is 196 cm³/mol. The summed E-state index contributed by atoms with van der Waals surface area (Å²) in [5.74, 6) is -0.0452. The summed E-state index contributed by atoms with van der Waals surface area (Å²) in [5.41, 5.74) is 0. The maximum absolute atomic E-state index is 12.6. The minimum absolute atomic E-state index is 0.0657. The second kappa shape index (κ2) is 35.7. The Morgan fingerprint density at radius 2 is 0.702 bits per heavy atom. The van der Waals surface area contributed by atoms with Crippen LogP contribution < -0.4 is 0 Å². The van der Waals surface area contributed by atoms with Crippen LogP contribution in [0.25, 0.3) is 0 Å². The second-order valence-corrected chi connectivity index (χ2v) is 14.4. The minimum atomic E-state index is -0.756. The van der Waals surface area contributed by atoms with E-state index in [1.807, 2.05) is 0 Å². The molecule has 0 fully saturated rings. The molecule has 0 radical (unpaired) electrons. The zero-order valence-electron chi connectivity index (χ0n) is 31.7. The summed E-state index contributed by atoms with van der Waals surface area (Å²) < 4.78 is 16.5. The van der Waals surface area contributed by atoms with Crippen LogP contribution in [0.2, 0.25) is 0 Å². The Balaban J connectivity index is 4.21. The quantitative estimate of drug-likeness (QED) is 0.0376. The number of rotatable bonds is 36. The highest BCUT2D eigenvalue weighted by Gasteiger charge is 2.19. The van der Waals surface area contributed by atoms with Crippen molar-refractivity contribution in [1.82, 2.24) is 0 Å². The Bertz CT molecular complexity index is 706. The van der Waals surface area contributed by atoms with Crippen molar-refractivity contribution in [1.29, 1.82) is 0 Å². The first kappa shape index (κ1) is 45.4. The predicted octanol–water partition coefficient (Wildman–Crippen LogP) is 12.4. The summed E-state index contributed by atoms with van der Waals surface area (Å²) in [6.07, 6.45) is 32.6. The van der Waals surface area contributed by atoms with E-state index in [-0.39, 0.29) is 31.1 Å². The zero-order valence-corrected chi connectivity index (χ0v) is 31.7. The fourth-order valence-electron chi connectivity index (χ4n) is 5.92. The summed E-state index contributed by atoms with van der Waals surface area (Å²) in [6.45, 7) is 8.88. The molecule has 1 atom stereocenters. The molecule has 0 bridgehead atoms. The van der Waals surface area contributed by atoms with Gasteiger partial charge in [-0.1, -0.05) is 182 Å². The normalized spacial score (nSPS) is 11.9. The van der Waals surface area contributed by atoms with E-state index in [0.29, 0.717) is 19.3 Å². The Morgan fingerprint density at radius 3 is 1.04 bits per heavy atom. The Hall–Kier alpha value is -1.59. The third-order valence-electron chi connectivity index (χ3n) is 9.04. The SMILES string of the molecule is CCCCCCCCCCCC(=O)OC[C@@H](COC(=O)CCCCCCC)OC(=O)CCCCCCCCCCCCCCC(C)C. The molecule has 0 saturated heterocycles. The number of unbranched alkanes of at least 4 members (excludes halogenated alkanes) is 23. The molecule has 0 amide bonds. The molecule has 0 unspecified atom stereocenters. The lowest BCUT2D eigenvalue weighted by Gasteiger charge is -2.18. The van der Waals surface area contributed by atoms with Crippen LogP contribution in [0.1, 0.15) is 220 Å². The lowest BCUT2D eigenvalue weighted by atomic mass is 10.0. The van der Waals surface area contributed by atoms with Gasteiger partial charge in [0.25, 0.3) is 0 Å². The lowest BCUT2D eigenvalue weighted by Crippen LogP contribution is -2.30. The maximum atomic E-state index is 12.6. The molecular weight excluding hydrogens is 588 g/mol. The molecule has 6 heteroatoms. The van der Waals surface area contributed by atoms with Crippen molar-refractivity contribution >= 4 is 17.9 Å². The standard InChI is InChI=1S/C41H78O6/c1-5-7-9-11-12-17-21-25-29-33-40(43)46-36-38(35-45-39(42)32-28-23-10-8-6-2)47-41(44)34-30-26-22-19-16-14-13-15-18-20-24-27-31-37(3)4/h37-38H,5-36H2,1-4H3/t38-/m1/s1. The largest absolute Gasteiger partial charge is 0.462 e. The fraction of sp³-hybridized carbons (Fsp3) is 0.927. The summed E-state index contributed by atoms with van der Waals surface area (Å²) in [4.78, 5) is 37.2. The molecule has 0 aliphatic heterocycles. The van der Waals surface area contributed by atoms with E-state index in [9.17, 15) is 14.4 Å². The number of hydrogen-bond acceptors (Lipinski definition) is 6. The van der Waals surface area contributed by atoms with Crippen molar-refractivity contribution in [3.63, 3.8) is 0 Å². The molecule has 6 nitrogen and oxygen atoms in total. The number of carbonyl (C=O) groups is 3. The second-order valence-electron chi connectivity index (χ2n) is 14.4. The van der Waals surface area contributed by atoms with E-state index < -0.39 is 6.10 Å². The number of esters is 3. The van der Waals surface area contributed by atoms with E-state index in [1.54, 1.807) is 0 Å². The van der Waals surface area contributed by atoms with Gasteiger partial charge in [0.2, 0.25) is 0 Å². The molecule has 0 aliphatic rings. The highest BCUT2D eigenvalue weighted by atomic mass is 16.6. The van der Waals surface area contributed by atoms with Crippen molar-refractivity contribution in [3.8, 4) is 0 Å². The third-order valence-corrected chi connectivity index (χ3v) is 9.04. The van der Waals surface area contributed by atoms with Crippen LogP contribution in [0.4, 0.5) is 0 Å². The zero-order chi connectivity index (χ0) is 34.6. The summed E-state index contributed by atoms with van der Waals surface area (Å²) >= 11 is 0. The molecule has 0 aromatic carbocycles. The van der Waals surface area contributed by atoms with E-state index in [2.05, 4.69) is 27.7 Å². The van der Waals surface area contributed by atoms with Gasteiger partial charge in [-0.05, 0) is 25.2 Å². The molecule has 0 aromatic rings. The molecule has 0 rings (SSSR count). The Kier molecular flexibility index (Phi) is 34.5. The summed E-state index contributed by atoms with van der Waals surface area (Å²) in [7, 11) is 0. The van der Waals surface area contributed by atoms with E-state index >= 15 is 0 Å². The highest BCUT2D eigenvalue weighted by molar-refractivity contribution is 5.71. The van der Waals surface area contributed by atoms with E-state index in [0.717, 1.165) is 70.1 Å². The molecule has 0 aromatic heterocycles. The number of ether oxygens (including phenoxy) is 3. The first-order chi connectivity index (χ1) is 22.9. The number of hydrogen-bond donors (Lipinski definition) is 0. The van der Waals surface area contributed by atoms with Crippen LogP contribution >= 0.6 is 0 Å². The van der Waals surface area contributed by atoms with Gasteiger partial charge in [0.15, 0.2) is 6.10 Å². The number of carbonyl (C=O) groups excluding carboxylic acids is 3. The van der Waals surface area contributed by atoms with Gasteiger partial charge in [0, 0.05) is 19.3 Å². The van der Waals surface area contributed by atoms with Crippen molar-refractivity contribution in [2.75, 3.05) is 13.2 Å². The van der Waals surface area contributed by atoms with Crippen LogP contribution in [0.15, 0.2) is 0 Å². The van der Waals surface area contributed by atoms with Crippen LogP contribution in [0.3, 0.4) is 0 Å². The fourth-order valence-corrected chi connectivity index (χ4v) is 5.92. The van der Waals surface area contributed by atoms with Gasteiger partial charge in [-0.3, -0.25) is 14.4 Å². The summed E-state index contributed by atoms with van der Waals surface area (Å²) in [5, 5.41) is 0. The van der Waals surface area contributed by atoms with Crippen molar-refractivity contribution in [3.05, 3.63) is 0 Å². The summed E-state index contributed by atoms with van der Waals surface area (Å²) in [6, 6.07) is 0. The third kappa shape index (κ3) is 35.5. The van der Waals surface area contributed by atoms with Gasteiger partial charge in [-0.25, -0.2) is 0 Å². The molecule has 0 spiro atoms. The molecular formula is C41H78O6. The average molecular weight is 667 g/mol. The van der Waals surface area contributed by atoms with Crippen LogP contribution in [0, 0.1) is 5.92 Å². The molecule has 0 N–H and O–H groups in total. The van der Waals surface area contributed by atoms with Gasteiger partial charge >= 0.3 is 17.9 Å². The van der Waals surface area contributed by atoms with Crippen molar-refractivity contribution < 1.29 is 28.6 Å². The van der Waals surface area contributed by atoms with Crippen LogP contribution in [0.5, 0.6) is 0 Å². The van der Waals surface area contributed by atoms with Gasteiger partial charge in [0.05, 0.1) is 0 Å². The molecule has 0 aliphatic carbocycles. The van der Waals surface area contributed by atoms with E-state index in [4.69, 9.17) is 14.2 Å². The molecule has 0 saturated carbocycles. The minimum Gasteiger partial charge on any atom is -0.462 e. The topological polar surface area (TPSA) is 78.9 Å². The molecule has 0 heterocycles. The molecule has 47 heavy (non-hydrogen) atoms. The lowest BCUT2D eigenvalue weighted by molar-refractivity contribution is -0.167. The van der Waals surface area contributed by atoms with Gasteiger partial charge < -0.3 is 14.2 Å². The smallest absolute Gasteiger partial charge is 0.306 e. The van der Waals surface area contributed by atoms with Gasteiger partial charge in [-0.15, -0.1) is 0 Å². The first-order valence-corrected chi connectivity index (χ1v) is 20.4. The van der Waals surface area contributed by atoms with Gasteiger partial charge in [-0.2, -0.15) is 0 Å². The maximum Gasteiger partial charge on any atom is 0.306 e. The van der Waals surface area contributed by atoms with Crippen LogP contribution in [-0.4, -0.2) is 37.2 Å². The molecule has 278 valence electrons. The Labute approximate surface area is 291 Å². The van der Waals surface area contributed by atoms with Crippen molar-refractivity contribution in [2.24, 2.45) is 5.92 Å². The average Bonchev–Trinajstić information content (AvgIpc) is 3.05. The monoisotopic (exact) mass is 667 g/mol. The highest BCUT2D eigenvalue weighted by Crippen LogP contribution is 2.15. The Morgan fingerprint density at radius 1 is 0.404 bits per heavy atom. The van der Waals surface area contributed by atoms with Crippen LogP contribution in [-0.2, 0) is 28.6 Å². The first-order valence-electron chi connectivity index (χ1n) is 20.4. The van der Waals surface area contributed by atoms with Gasteiger partial charge in [0.1, 0.15) is 13.2 Å².